The van der Waals surface area contributed by atoms with Crippen molar-refractivity contribution in [3.63, 3.8) is 0 Å². The molecule has 2 aromatic rings. The van der Waals surface area contributed by atoms with Gasteiger partial charge >= 0.3 is 0 Å². The highest BCUT2D eigenvalue weighted by Gasteiger charge is 2.25. The summed E-state index contributed by atoms with van der Waals surface area (Å²) < 4.78 is 33.1. The second-order valence-corrected chi connectivity index (χ2v) is 8.96. The molecule has 0 bridgehead atoms. The van der Waals surface area contributed by atoms with Crippen LogP contribution in [0.1, 0.15) is 12.8 Å². The predicted octanol–water partition coefficient (Wildman–Crippen LogP) is 3.00. The first-order chi connectivity index (χ1) is 12.0. The standard InChI is InChI=1S/C16H20ClN3O3S2/c1-23-14-5-4-13(17)9-15(14)25(21,22)19-10-12-3-2-7-20(11-12)16-18-6-8-24-16/h4-6,8-9,12,19H,2-3,7,10-11H2,1H3. The summed E-state index contributed by atoms with van der Waals surface area (Å²) in [7, 11) is -2.25. The molecular formula is C16H20ClN3O3S2. The van der Waals surface area contributed by atoms with Crippen molar-refractivity contribution in [3.05, 3.63) is 34.8 Å². The number of aromatic nitrogens is 1. The highest BCUT2D eigenvalue weighted by atomic mass is 35.5. The van der Waals surface area contributed by atoms with Crippen molar-refractivity contribution in [1.82, 2.24) is 9.71 Å². The molecule has 3 rings (SSSR count). The molecule has 1 aliphatic rings. The van der Waals surface area contributed by atoms with Crippen molar-refractivity contribution < 1.29 is 13.2 Å². The SMILES string of the molecule is COc1ccc(Cl)cc1S(=O)(=O)NCC1CCCN(c2nccs2)C1. The molecule has 1 aromatic heterocycles. The number of rotatable bonds is 6. The van der Waals surface area contributed by atoms with Gasteiger partial charge in [-0.05, 0) is 37.0 Å². The summed E-state index contributed by atoms with van der Waals surface area (Å²) >= 11 is 7.55. The van der Waals surface area contributed by atoms with E-state index in [9.17, 15) is 8.42 Å². The van der Waals surface area contributed by atoms with Gasteiger partial charge in [-0.2, -0.15) is 0 Å². The molecule has 0 saturated carbocycles. The van der Waals surface area contributed by atoms with Gasteiger partial charge in [0.05, 0.1) is 7.11 Å². The van der Waals surface area contributed by atoms with E-state index in [0.29, 0.717) is 11.6 Å². The maximum atomic E-state index is 12.6. The molecule has 1 fully saturated rings. The molecular weight excluding hydrogens is 382 g/mol. The van der Waals surface area contributed by atoms with Gasteiger partial charge in [0.15, 0.2) is 5.13 Å². The van der Waals surface area contributed by atoms with E-state index in [1.807, 2.05) is 5.38 Å². The predicted molar refractivity (Wildman–Crippen MR) is 100 cm³/mol. The van der Waals surface area contributed by atoms with Crippen LogP contribution in [0.2, 0.25) is 5.02 Å². The zero-order valence-electron chi connectivity index (χ0n) is 13.8. The van der Waals surface area contributed by atoms with Gasteiger partial charge in [-0.3, -0.25) is 0 Å². The second-order valence-electron chi connectivity index (χ2n) is 5.92. The van der Waals surface area contributed by atoms with Gasteiger partial charge in [-0.15, -0.1) is 11.3 Å². The van der Waals surface area contributed by atoms with Crippen molar-refractivity contribution in [3.8, 4) is 5.75 Å². The maximum Gasteiger partial charge on any atom is 0.244 e. The molecule has 0 radical (unpaired) electrons. The lowest BCUT2D eigenvalue weighted by Crippen LogP contribution is -2.41. The number of halogens is 1. The Balaban J connectivity index is 1.67. The number of hydrogen-bond acceptors (Lipinski definition) is 6. The molecule has 1 unspecified atom stereocenters. The molecule has 1 aliphatic heterocycles. The summed E-state index contributed by atoms with van der Waals surface area (Å²) in [6.45, 7) is 2.13. The lowest BCUT2D eigenvalue weighted by Gasteiger charge is -2.32. The smallest absolute Gasteiger partial charge is 0.244 e. The Morgan fingerprint density at radius 3 is 3.04 bits per heavy atom. The zero-order valence-corrected chi connectivity index (χ0v) is 16.2. The van der Waals surface area contributed by atoms with E-state index in [2.05, 4.69) is 14.6 Å². The first-order valence-electron chi connectivity index (χ1n) is 7.97. The fraction of sp³-hybridized carbons (Fsp3) is 0.438. The minimum Gasteiger partial charge on any atom is -0.495 e. The van der Waals surface area contributed by atoms with Crippen molar-refractivity contribution >= 4 is 38.1 Å². The average molecular weight is 402 g/mol. The first kappa shape index (κ1) is 18.4. The van der Waals surface area contributed by atoms with Gasteiger partial charge in [0.2, 0.25) is 10.0 Å². The number of hydrogen-bond donors (Lipinski definition) is 1. The first-order valence-corrected chi connectivity index (χ1v) is 10.7. The molecule has 1 aromatic carbocycles. The Morgan fingerprint density at radius 1 is 1.48 bits per heavy atom. The maximum absolute atomic E-state index is 12.6. The minimum atomic E-state index is -3.69. The molecule has 1 N–H and O–H groups in total. The minimum absolute atomic E-state index is 0.0649. The fourth-order valence-electron chi connectivity index (χ4n) is 2.94. The number of benzene rings is 1. The van der Waals surface area contributed by atoms with E-state index in [1.54, 1.807) is 29.7 Å². The van der Waals surface area contributed by atoms with Gasteiger partial charge in [0.25, 0.3) is 0 Å². The summed E-state index contributed by atoms with van der Waals surface area (Å²) in [5.74, 6) is 0.516. The monoisotopic (exact) mass is 401 g/mol. The number of ether oxygens (including phenoxy) is 1. The van der Waals surface area contributed by atoms with Crippen LogP contribution in [-0.4, -0.2) is 40.1 Å². The van der Waals surface area contributed by atoms with Crippen molar-refractivity contribution in [2.24, 2.45) is 5.92 Å². The third-order valence-electron chi connectivity index (χ3n) is 4.19. The highest BCUT2D eigenvalue weighted by Crippen LogP contribution is 2.28. The van der Waals surface area contributed by atoms with E-state index in [0.717, 1.165) is 31.1 Å². The molecule has 136 valence electrons. The quantitative estimate of drug-likeness (QED) is 0.805. The Kier molecular flexibility index (Phi) is 5.83. The number of methoxy groups -OCH3 is 1. The highest BCUT2D eigenvalue weighted by molar-refractivity contribution is 7.89. The van der Waals surface area contributed by atoms with Crippen LogP contribution in [0.4, 0.5) is 5.13 Å². The molecule has 6 nitrogen and oxygen atoms in total. The molecule has 0 aliphatic carbocycles. The van der Waals surface area contributed by atoms with Crippen molar-refractivity contribution in [2.45, 2.75) is 17.7 Å². The summed E-state index contributed by atoms with van der Waals surface area (Å²) in [5.41, 5.74) is 0. The normalized spacial score (nSPS) is 18.3. The number of thiazole rings is 1. The lowest BCUT2D eigenvalue weighted by atomic mass is 9.99. The van der Waals surface area contributed by atoms with Crippen LogP contribution in [0.15, 0.2) is 34.7 Å². The van der Waals surface area contributed by atoms with Gasteiger partial charge in [-0.1, -0.05) is 11.6 Å². The molecule has 0 amide bonds. The van der Waals surface area contributed by atoms with Gasteiger partial charge < -0.3 is 9.64 Å². The van der Waals surface area contributed by atoms with Gasteiger partial charge in [0, 0.05) is 36.2 Å². The van der Waals surface area contributed by atoms with Crippen molar-refractivity contribution in [2.75, 3.05) is 31.6 Å². The van der Waals surface area contributed by atoms with Crippen LogP contribution in [0.3, 0.4) is 0 Å². The lowest BCUT2D eigenvalue weighted by molar-refractivity contribution is 0.399. The Labute approximate surface area is 156 Å². The largest absolute Gasteiger partial charge is 0.495 e. The second kappa shape index (κ2) is 7.90. The van der Waals surface area contributed by atoms with Gasteiger partial charge in [0.1, 0.15) is 10.6 Å². The average Bonchev–Trinajstić information content (AvgIpc) is 3.15. The summed E-state index contributed by atoms with van der Waals surface area (Å²) in [6, 6.07) is 4.57. The third kappa shape index (κ3) is 4.44. The van der Waals surface area contributed by atoms with E-state index >= 15 is 0 Å². The Morgan fingerprint density at radius 2 is 2.32 bits per heavy atom. The summed E-state index contributed by atoms with van der Waals surface area (Å²) in [5, 5.41) is 3.30. The van der Waals surface area contributed by atoms with Crippen LogP contribution in [0.25, 0.3) is 0 Å². The number of sulfonamides is 1. The molecule has 1 atom stereocenters. The fourth-order valence-corrected chi connectivity index (χ4v) is 5.17. The third-order valence-corrected chi connectivity index (χ3v) is 6.70. The molecule has 9 heteroatoms. The van der Waals surface area contributed by atoms with Crippen LogP contribution in [0, 0.1) is 5.92 Å². The van der Waals surface area contributed by atoms with Gasteiger partial charge in [-0.25, -0.2) is 18.1 Å². The number of anilines is 1. The van der Waals surface area contributed by atoms with Crippen LogP contribution in [-0.2, 0) is 10.0 Å². The molecule has 25 heavy (non-hydrogen) atoms. The Bertz CT molecular complexity index is 812. The van der Waals surface area contributed by atoms with E-state index in [4.69, 9.17) is 16.3 Å². The molecule has 2 heterocycles. The van der Waals surface area contributed by atoms with E-state index in [1.165, 1.54) is 13.2 Å². The number of piperidine rings is 1. The van der Waals surface area contributed by atoms with E-state index in [-0.39, 0.29) is 16.6 Å². The number of nitrogens with one attached hydrogen (secondary N) is 1. The topological polar surface area (TPSA) is 71.5 Å². The summed E-state index contributed by atoms with van der Waals surface area (Å²) in [4.78, 5) is 6.62. The van der Waals surface area contributed by atoms with Crippen LogP contribution < -0.4 is 14.4 Å². The van der Waals surface area contributed by atoms with Crippen LogP contribution in [0.5, 0.6) is 5.75 Å². The van der Waals surface area contributed by atoms with Crippen molar-refractivity contribution in [1.29, 1.82) is 0 Å². The summed E-state index contributed by atoms with van der Waals surface area (Å²) in [6.07, 6.45) is 3.79. The van der Waals surface area contributed by atoms with E-state index < -0.39 is 10.0 Å². The molecule has 1 saturated heterocycles. The number of nitrogens with zero attached hydrogens (tertiary/aromatic N) is 2. The zero-order chi connectivity index (χ0) is 17.9. The van der Waals surface area contributed by atoms with Crippen LogP contribution >= 0.6 is 22.9 Å². The molecule has 0 spiro atoms. The Hall–Kier alpha value is -1.35.